The number of aromatic nitrogens is 4. The molecule has 0 bridgehead atoms. The summed E-state index contributed by atoms with van der Waals surface area (Å²) in [6.45, 7) is 2.03. The number of carbonyl (C=O) groups is 1. The van der Waals surface area contributed by atoms with Gasteiger partial charge in [0, 0.05) is 12.1 Å². The molecule has 2 aromatic heterocycles. The number of aryl methyl sites for hydroxylation is 1. The lowest BCUT2D eigenvalue weighted by atomic mass is 9.96. The third kappa shape index (κ3) is 2.61. The van der Waals surface area contributed by atoms with Gasteiger partial charge in [-0.3, -0.25) is 4.79 Å². The highest BCUT2D eigenvalue weighted by Crippen LogP contribution is 2.32. The summed E-state index contributed by atoms with van der Waals surface area (Å²) in [7, 11) is 0. The molecule has 2 heterocycles. The number of aromatic amines is 1. The van der Waals surface area contributed by atoms with Gasteiger partial charge in [0.2, 0.25) is 5.95 Å². The van der Waals surface area contributed by atoms with Gasteiger partial charge in [0.25, 0.3) is 0 Å². The van der Waals surface area contributed by atoms with E-state index in [2.05, 4.69) is 15.3 Å². The molecule has 0 unspecified atom stereocenters. The number of hydrogen-bond donors (Lipinski definition) is 2. The van der Waals surface area contributed by atoms with Crippen molar-refractivity contribution in [1.29, 1.82) is 0 Å². The lowest BCUT2D eigenvalue weighted by molar-refractivity contribution is 0.0973. The van der Waals surface area contributed by atoms with E-state index in [-0.39, 0.29) is 5.78 Å². The Balaban J connectivity index is 1.66. The van der Waals surface area contributed by atoms with Gasteiger partial charge in [0.05, 0.1) is 22.3 Å². The van der Waals surface area contributed by atoms with Crippen LogP contribution >= 0.6 is 0 Å². The quantitative estimate of drug-likeness (QED) is 0.572. The number of para-hydroxylation sites is 3. The van der Waals surface area contributed by atoms with Crippen molar-refractivity contribution in [3.8, 4) is 5.95 Å². The molecule has 0 radical (unpaired) electrons. The number of ketones is 1. The maximum atomic E-state index is 12.7. The number of anilines is 2. The van der Waals surface area contributed by atoms with E-state index in [1.165, 1.54) is 0 Å². The molecular formula is C21H19N5O. The van der Waals surface area contributed by atoms with Gasteiger partial charge in [-0.25, -0.2) is 9.67 Å². The highest BCUT2D eigenvalue weighted by Gasteiger charge is 2.28. The van der Waals surface area contributed by atoms with Crippen molar-refractivity contribution in [2.75, 3.05) is 5.32 Å². The molecule has 0 atom stereocenters. The maximum Gasteiger partial charge on any atom is 0.229 e. The fraction of sp³-hybridized carbons (Fsp3) is 0.190. The minimum Gasteiger partial charge on any atom is -0.338 e. The first-order valence-corrected chi connectivity index (χ1v) is 9.13. The molecule has 4 aromatic rings. The Morgan fingerprint density at radius 1 is 1.07 bits per heavy atom. The molecule has 6 nitrogen and oxygen atoms in total. The van der Waals surface area contributed by atoms with E-state index in [4.69, 9.17) is 5.10 Å². The largest absolute Gasteiger partial charge is 0.338 e. The summed E-state index contributed by atoms with van der Waals surface area (Å²) in [5, 5.41) is 8.10. The smallest absolute Gasteiger partial charge is 0.229 e. The van der Waals surface area contributed by atoms with Crippen LogP contribution in [0, 0.1) is 6.92 Å². The number of nitrogens with zero attached hydrogens (tertiary/aromatic N) is 3. The lowest BCUT2D eigenvalue weighted by Gasteiger charge is -2.13. The molecule has 0 aliphatic heterocycles. The Labute approximate surface area is 156 Å². The van der Waals surface area contributed by atoms with Crippen molar-refractivity contribution in [2.45, 2.75) is 26.2 Å². The predicted molar refractivity (Wildman–Crippen MR) is 105 cm³/mol. The van der Waals surface area contributed by atoms with Crippen molar-refractivity contribution in [2.24, 2.45) is 0 Å². The first-order chi connectivity index (χ1) is 13.2. The molecule has 0 fully saturated rings. The zero-order chi connectivity index (χ0) is 18.4. The van der Waals surface area contributed by atoms with Crippen LogP contribution in [0.1, 0.15) is 34.5 Å². The molecule has 0 saturated carbocycles. The van der Waals surface area contributed by atoms with Crippen molar-refractivity contribution >= 4 is 28.3 Å². The normalized spacial score (nSPS) is 13.7. The summed E-state index contributed by atoms with van der Waals surface area (Å²) in [4.78, 5) is 20.6. The summed E-state index contributed by atoms with van der Waals surface area (Å²) < 4.78 is 1.78. The van der Waals surface area contributed by atoms with E-state index in [0.717, 1.165) is 40.8 Å². The molecule has 2 aromatic carbocycles. The monoisotopic (exact) mass is 357 g/mol. The number of imidazole rings is 1. The highest BCUT2D eigenvalue weighted by molar-refractivity contribution is 6.03. The van der Waals surface area contributed by atoms with Gasteiger partial charge in [-0.1, -0.05) is 30.3 Å². The average molecular weight is 357 g/mol. The maximum absolute atomic E-state index is 12.7. The van der Waals surface area contributed by atoms with Crippen LogP contribution in [0.2, 0.25) is 0 Å². The van der Waals surface area contributed by atoms with Crippen molar-refractivity contribution in [1.82, 2.24) is 19.7 Å². The Kier molecular flexibility index (Phi) is 3.57. The van der Waals surface area contributed by atoms with Crippen LogP contribution in [0.4, 0.5) is 11.5 Å². The first kappa shape index (κ1) is 15.8. The van der Waals surface area contributed by atoms with Crippen LogP contribution < -0.4 is 5.32 Å². The zero-order valence-corrected chi connectivity index (χ0v) is 15.0. The van der Waals surface area contributed by atoms with Crippen molar-refractivity contribution < 1.29 is 4.79 Å². The topological polar surface area (TPSA) is 75.6 Å². The van der Waals surface area contributed by atoms with E-state index in [9.17, 15) is 4.79 Å². The molecule has 0 saturated heterocycles. The van der Waals surface area contributed by atoms with Crippen LogP contribution in [0.25, 0.3) is 17.0 Å². The standard InChI is InChI=1S/C21H19N5O/c1-13-7-2-3-8-14(13)22-20-19-17(11-6-12-18(19)27)26(25-20)21-23-15-9-4-5-10-16(15)24-21/h2-5,7-10H,6,11-12H2,1H3,(H,22,25)(H,23,24). The molecule has 5 rings (SSSR count). The summed E-state index contributed by atoms with van der Waals surface area (Å²) in [6.07, 6.45) is 2.20. The third-order valence-corrected chi connectivity index (χ3v) is 5.05. The van der Waals surface area contributed by atoms with Crippen molar-refractivity contribution in [3.63, 3.8) is 0 Å². The Hall–Kier alpha value is -3.41. The fourth-order valence-electron chi connectivity index (χ4n) is 3.66. The Bertz CT molecular complexity index is 1140. The fourth-order valence-corrected chi connectivity index (χ4v) is 3.66. The van der Waals surface area contributed by atoms with Crippen LogP contribution in [0.5, 0.6) is 0 Å². The van der Waals surface area contributed by atoms with Gasteiger partial charge in [-0.2, -0.15) is 0 Å². The molecule has 0 spiro atoms. The van der Waals surface area contributed by atoms with Crippen LogP contribution in [-0.2, 0) is 6.42 Å². The molecule has 6 heteroatoms. The molecule has 1 aliphatic carbocycles. The van der Waals surface area contributed by atoms with Gasteiger partial charge in [0.1, 0.15) is 0 Å². The van der Waals surface area contributed by atoms with Crippen LogP contribution in [0.15, 0.2) is 48.5 Å². The molecule has 2 N–H and O–H groups in total. The molecule has 134 valence electrons. The van der Waals surface area contributed by atoms with E-state index in [1.54, 1.807) is 4.68 Å². The Morgan fingerprint density at radius 2 is 1.89 bits per heavy atom. The summed E-state index contributed by atoms with van der Waals surface area (Å²) in [6, 6.07) is 15.9. The number of fused-ring (bicyclic) bond motifs is 2. The number of benzene rings is 2. The molecule has 1 aliphatic rings. The van der Waals surface area contributed by atoms with Crippen LogP contribution in [-0.4, -0.2) is 25.5 Å². The molecule has 0 amide bonds. The minimum absolute atomic E-state index is 0.134. The molecular weight excluding hydrogens is 338 g/mol. The summed E-state index contributed by atoms with van der Waals surface area (Å²) in [5.41, 5.74) is 5.49. The van der Waals surface area contributed by atoms with E-state index < -0.39 is 0 Å². The second-order valence-electron chi connectivity index (χ2n) is 6.88. The molecule has 27 heavy (non-hydrogen) atoms. The first-order valence-electron chi connectivity index (χ1n) is 9.13. The second-order valence-corrected chi connectivity index (χ2v) is 6.88. The van der Waals surface area contributed by atoms with Gasteiger partial charge >= 0.3 is 0 Å². The predicted octanol–water partition coefficient (Wildman–Crippen LogP) is 4.32. The van der Waals surface area contributed by atoms with E-state index >= 15 is 0 Å². The number of carbonyl (C=O) groups excluding carboxylic acids is 1. The van der Waals surface area contributed by atoms with Gasteiger partial charge in [-0.15, -0.1) is 5.10 Å². The zero-order valence-electron chi connectivity index (χ0n) is 15.0. The number of nitrogens with one attached hydrogen (secondary N) is 2. The van der Waals surface area contributed by atoms with E-state index in [1.807, 2.05) is 55.5 Å². The number of H-pyrrole nitrogens is 1. The lowest BCUT2D eigenvalue weighted by Crippen LogP contribution is -2.14. The Morgan fingerprint density at radius 3 is 2.74 bits per heavy atom. The SMILES string of the molecule is Cc1ccccc1Nc1nn(-c2nc3ccccc3[nH]2)c2c1C(=O)CCC2. The summed E-state index contributed by atoms with van der Waals surface area (Å²) >= 11 is 0. The van der Waals surface area contributed by atoms with Gasteiger partial charge < -0.3 is 10.3 Å². The van der Waals surface area contributed by atoms with Crippen molar-refractivity contribution in [3.05, 3.63) is 65.4 Å². The number of rotatable bonds is 3. The second kappa shape index (κ2) is 6.09. The van der Waals surface area contributed by atoms with Gasteiger partial charge in [0.15, 0.2) is 11.6 Å². The number of hydrogen-bond acceptors (Lipinski definition) is 4. The minimum atomic E-state index is 0.134. The number of Topliss-reactive ketones (excluding diaryl/α,β-unsaturated/α-hetero) is 1. The van der Waals surface area contributed by atoms with E-state index in [0.29, 0.717) is 23.8 Å². The van der Waals surface area contributed by atoms with Crippen LogP contribution in [0.3, 0.4) is 0 Å². The summed E-state index contributed by atoms with van der Waals surface area (Å²) in [5.74, 6) is 1.37. The highest BCUT2D eigenvalue weighted by atomic mass is 16.1. The average Bonchev–Trinajstić information content (AvgIpc) is 3.26. The third-order valence-electron chi connectivity index (χ3n) is 5.05. The van der Waals surface area contributed by atoms with Gasteiger partial charge in [-0.05, 0) is 43.5 Å².